The van der Waals surface area contributed by atoms with E-state index in [1.54, 1.807) is 0 Å². The zero-order chi connectivity index (χ0) is 13.1. The molecule has 0 saturated heterocycles. The van der Waals surface area contributed by atoms with Crippen molar-refractivity contribution in [1.29, 1.82) is 0 Å². The SMILES string of the molecule is CC(C)OCCOCCCCCCS(N)(=O)=O. The Morgan fingerprint density at radius 1 is 1.00 bits per heavy atom. The number of rotatable bonds is 11. The molecule has 0 unspecified atom stereocenters. The summed E-state index contributed by atoms with van der Waals surface area (Å²) in [4.78, 5) is 0. The Morgan fingerprint density at radius 2 is 1.65 bits per heavy atom. The summed E-state index contributed by atoms with van der Waals surface area (Å²) in [6.45, 7) is 5.94. The molecule has 0 bridgehead atoms. The van der Waals surface area contributed by atoms with Crippen LogP contribution in [0.3, 0.4) is 0 Å². The molecule has 104 valence electrons. The van der Waals surface area contributed by atoms with Crippen LogP contribution in [-0.4, -0.2) is 40.1 Å². The summed E-state index contributed by atoms with van der Waals surface area (Å²) >= 11 is 0. The van der Waals surface area contributed by atoms with Gasteiger partial charge < -0.3 is 9.47 Å². The number of primary sulfonamides is 1. The highest BCUT2D eigenvalue weighted by molar-refractivity contribution is 7.89. The highest BCUT2D eigenvalue weighted by Crippen LogP contribution is 2.01. The van der Waals surface area contributed by atoms with Crippen molar-refractivity contribution in [2.24, 2.45) is 5.14 Å². The Kier molecular flexibility index (Phi) is 9.72. The van der Waals surface area contributed by atoms with Gasteiger partial charge in [-0.25, -0.2) is 13.6 Å². The molecule has 0 atom stereocenters. The van der Waals surface area contributed by atoms with E-state index in [1.165, 1.54) is 0 Å². The molecule has 0 radical (unpaired) electrons. The lowest BCUT2D eigenvalue weighted by Crippen LogP contribution is -2.16. The van der Waals surface area contributed by atoms with Gasteiger partial charge in [-0.15, -0.1) is 0 Å². The molecule has 0 aliphatic rings. The Morgan fingerprint density at radius 3 is 2.24 bits per heavy atom. The van der Waals surface area contributed by atoms with Gasteiger partial charge in [0.25, 0.3) is 0 Å². The molecule has 6 heteroatoms. The minimum absolute atomic E-state index is 0.0794. The van der Waals surface area contributed by atoms with Crippen molar-refractivity contribution in [1.82, 2.24) is 0 Å². The third kappa shape index (κ3) is 15.8. The molecule has 0 rings (SSSR count). The van der Waals surface area contributed by atoms with E-state index >= 15 is 0 Å². The van der Waals surface area contributed by atoms with Crippen molar-refractivity contribution < 1.29 is 17.9 Å². The summed E-state index contributed by atoms with van der Waals surface area (Å²) in [6, 6.07) is 0. The molecular weight excluding hydrogens is 242 g/mol. The van der Waals surface area contributed by atoms with Crippen LogP contribution in [0.2, 0.25) is 0 Å². The minimum Gasteiger partial charge on any atom is -0.379 e. The van der Waals surface area contributed by atoms with Crippen LogP contribution in [0.5, 0.6) is 0 Å². The molecular formula is C11H25NO4S. The lowest BCUT2D eigenvalue weighted by atomic mass is 10.2. The molecule has 0 heterocycles. The lowest BCUT2D eigenvalue weighted by molar-refractivity contribution is 0.0187. The average molecular weight is 267 g/mol. The fraction of sp³-hybridized carbons (Fsp3) is 1.00. The molecule has 0 saturated carbocycles. The molecule has 17 heavy (non-hydrogen) atoms. The van der Waals surface area contributed by atoms with E-state index in [2.05, 4.69) is 0 Å². The maximum atomic E-state index is 10.6. The molecule has 0 aromatic rings. The first-order chi connectivity index (χ1) is 7.92. The van der Waals surface area contributed by atoms with E-state index in [1.807, 2.05) is 13.8 Å². The first-order valence-electron chi connectivity index (χ1n) is 6.11. The minimum atomic E-state index is -3.28. The Hall–Kier alpha value is -0.170. The second-order valence-corrected chi connectivity index (χ2v) is 6.05. The van der Waals surface area contributed by atoms with Crippen LogP contribution in [-0.2, 0) is 19.5 Å². The Balaban J connectivity index is 3.09. The van der Waals surface area contributed by atoms with Crippen LogP contribution in [0.25, 0.3) is 0 Å². The van der Waals surface area contributed by atoms with Gasteiger partial charge in [-0.2, -0.15) is 0 Å². The number of sulfonamides is 1. The Labute approximate surface area is 105 Å². The summed E-state index contributed by atoms with van der Waals surface area (Å²) in [7, 11) is -3.28. The van der Waals surface area contributed by atoms with Gasteiger partial charge in [0.15, 0.2) is 0 Å². The smallest absolute Gasteiger partial charge is 0.209 e. The fourth-order valence-electron chi connectivity index (χ4n) is 1.31. The monoisotopic (exact) mass is 267 g/mol. The zero-order valence-electron chi connectivity index (χ0n) is 10.9. The topological polar surface area (TPSA) is 78.6 Å². The molecule has 0 fully saturated rings. The van der Waals surface area contributed by atoms with E-state index in [4.69, 9.17) is 14.6 Å². The van der Waals surface area contributed by atoms with Crippen molar-refractivity contribution in [2.75, 3.05) is 25.6 Å². The second-order valence-electron chi connectivity index (χ2n) is 4.31. The highest BCUT2D eigenvalue weighted by Gasteiger charge is 2.01. The normalized spacial score (nSPS) is 12.2. The van der Waals surface area contributed by atoms with Crippen LogP contribution >= 0.6 is 0 Å². The molecule has 0 aliphatic heterocycles. The predicted octanol–water partition coefficient (Wildman–Crippen LogP) is 1.28. The van der Waals surface area contributed by atoms with Gasteiger partial charge in [0.2, 0.25) is 10.0 Å². The highest BCUT2D eigenvalue weighted by atomic mass is 32.2. The van der Waals surface area contributed by atoms with E-state index in [0.717, 1.165) is 19.3 Å². The van der Waals surface area contributed by atoms with Crippen LogP contribution < -0.4 is 5.14 Å². The van der Waals surface area contributed by atoms with E-state index in [-0.39, 0.29) is 11.9 Å². The maximum Gasteiger partial charge on any atom is 0.209 e. The van der Waals surface area contributed by atoms with Gasteiger partial charge >= 0.3 is 0 Å². The standard InChI is InChI=1S/C11H25NO4S/c1-11(2)16-9-8-15-7-5-3-4-6-10-17(12,13)14/h11H,3-10H2,1-2H3,(H2,12,13,14). The third-order valence-corrected chi connectivity index (χ3v) is 3.00. The number of nitrogens with two attached hydrogens (primary N) is 1. The average Bonchev–Trinajstić information content (AvgIpc) is 2.18. The van der Waals surface area contributed by atoms with Gasteiger partial charge in [0.05, 0.1) is 25.1 Å². The molecule has 0 aromatic heterocycles. The number of hydrogen-bond donors (Lipinski definition) is 1. The molecule has 0 aromatic carbocycles. The van der Waals surface area contributed by atoms with Crippen molar-refractivity contribution in [3.8, 4) is 0 Å². The van der Waals surface area contributed by atoms with Crippen molar-refractivity contribution in [2.45, 2.75) is 45.6 Å². The van der Waals surface area contributed by atoms with Crippen LogP contribution in [0.15, 0.2) is 0 Å². The first-order valence-corrected chi connectivity index (χ1v) is 7.83. The lowest BCUT2D eigenvalue weighted by Gasteiger charge is -2.07. The Bertz CT molecular complexity index is 265. The zero-order valence-corrected chi connectivity index (χ0v) is 11.7. The van der Waals surface area contributed by atoms with Crippen LogP contribution in [0.1, 0.15) is 39.5 Å². The van der Waals surface area contributed by atoms with Crippen molar-refractivity contribution in [3.05, 3.63) is 0 Å². The first kappa shape index (κ1) is 16.8. The van der Waals surface area contributed by atoms with Crippen molar-refractivity contribution >= 4 is 10.0 Å². The summed E-state index contributed by atoms with van der Waals surface area (Å²) in [5.41, 5.74) is 0. The quantitative estimate of drug-likeness (QED) is 0.572. The fourth-order valence-corrected chi connectivity index (χ4v) is 1.91. The van der Waals surface area contributed by atoms with Crippen LogP contribution in [0.4, 0.5) is 0 Å². The van der Waals surface area contributed by atoms with Gasteiger partial charge in [0.1, 0.15) is 0 Å². The largest absolute Gasteiger partial charge is 0.379 e. The number of ether oxygens (including phenoxy) is 2. The van der Waals surface area contributed by atoms with E-state index < -0.39 is 10.0 Å². The van der Waals surface area contributed by atoms with Gasteiger partial charge in [-0.1, -0.05) is 12.8 Å². The molecule has 0 amide bonds. The van der Waals surface area contributed by atoms with E-state index in [0.29, 0.717) is 26.2 Å². The van der Waals surface area contributed by atoms with Gasteiger partial charge in [0, 0.05) is 6.61 Å². The van der Waals surface area contributed by atoms with Crippen molar-refractivity contribution in [3.63, 3.8) is 0 Å². The van der Waals surface area contributed by atoms with Crippen LogP contribution in [0, 0.1) is 0 Å². The molecule has 5 nitrogen and oxygen atoms in total. The molecule has 0 aliphatic carbocycles. The summed E-state index contributed by atoms with van der Waals surface area (Å²) in [6.07, 6.45) is 3.68. The van der Waals surface area contributed by atoms with E-state index in [9.17, 15) is 8.42 Å². The number of unbranched alkanes of at least 4 members (excludes halogenated alkanes) is 3. The summed E-state index contributed by atoms with van der Waals surface area (Å²) in [5, 5.41) is 4.89. The predicted molar refractivity (Wildman–Crippen MR) is 68.3 cm³/mol. The third-order valence-electron chi connectivity index (χ3n) is 2.15. The molecule has 2 N–H and O–H groups in total. The summed E-state index contributed by atoms with van der Waals surface area (Å²) < 4.78 is 31.9. The van der Waals surface area contributed by atoms with Gasteiger partial charge in [-0.05, 0) is 26.7 Å². The maximum absolute atomic E-state index is 10.6. The number of hydrogen-bond acceptors (Lipinski definition) is 4. The summed E-state index contributed by atoms with van der Waals surface area (Å²) in [5.74, 6) is 0.0794. The molecule has 0 spiro atoms. The second kappa shape index (κ2) is 9.82. The van der Waals surface area contributed by atoms with Gasteiger partial charge in [-0.3, -0.25) is 0 Å².